The first kappa shape index (κ1) is 25.7. The molecule has 0 bridgehead atoms. The van der Waals surface area contributed by atoms with Gasteiger partial charge in [-0.05, 0) is 36.4 Å². The fraction of sp³-hybridized carbons (Fsp3) is 0.208. The van der Waals surface area contributed by atoms with Crippen LogP contribution in [0.1, 0.15) is 11.3 Å². The molecular formula is C24H19Cl2F3N4O3. The maximum atomic E-state index is 12.7. The Morgan fingerprint density at radius 2 is 1.78 bits per heavy atom. The number of halogens is 5. The zero-order chi connectivity index (χ0) is 25.7. The standard InChI is InChI=1S/C24H19Cl2F3N4O3/c1-34-8-9-35-19-10-17(36-13-16-4-3-15(12-30-16)24(27,28)29)5-6-18(19)21-22(26)33-23(32-21)14-2-7-20(25)31-11-14/h2-7,10-12H,8-9,13H2,1H3,(H,32,33). The molecule has 0 saturated heterocycles. The van der Waals surface area contributed by atoms with Crippen LogP contribution in [0.3, 0.4) is 0 Å². The number of H-pyrrole nitrogens is 1. The summed E-state index contributed by atoms with van der Waals surface area (Å²) in [5, 5.41) is 0.645. The summed E-state index contributed by atoms with van der Waals surface area (Å²) in [6.45, 7) is 0.561. The molecule has 36 heavy (non-hydrogen) atoms. The number of benzene rings is 1. The SMILES string of the molecule is COCCOc1cc(OCc2ccc(C(F)(F)F)cn2)ccc1-c1nc(-c2ccc(Cl)nc2)[nH]c1Cl. The topological polar surface area (TPSA) is 82.2 Å². The Hall–Kier alpha value is -3.34. The number of imidazole rings is 1. The number of aromatic amines is 1. The van der Waals surface area contributed by atoms with Crippen LogP contribution in [0.2, 0.25) is 10.3 Å². The highest BCUT2D eigenvalue weighted by atomic mass is 35.5. The van der Waals surface area contributed by atoms with Gasteiger partial charge >= 0.3 is 6.18 Å². The van der Waals surface area contributed by atoms with E-state index in [1.54, 1.807) is 43.6 Å². The maximum Gasteiger partial charge on any atom is 0.417 e. The highest BCUT2D eigenvalue weighted by Crippen LogP contribution is 2.37. The molecule has 12 heteroatoms. The molecule has 4 rings (SSSR count). The summed E-state index contributed by atoms with van der Waals surface area (Å²) in [7, 11) is 1.55. The van der Waals surface area contributed by atoms with E-state index in [0.29, 0.717) is 56.8 Å². The smallest absolute Gasteiger partial charge is 0.417 e. The van der Waals surface area contributed by atoms with Crippen LogP contribution in [-0.2, 0) is 17.5 Å². The van der Waals surface area contributed by atoms with E-state index in [1.807, 2.05) is 0 Å². The third-order valence-electron chi connectivity index (χ3n) is 4.95. The Labute approximate surface area is 214 Å². The van der Waals surface area contributed by atoms with Gasteiger partial charge in [0.1, 0.15) is 46.5 Å². The Bertz CT molecular complexity index is 1310. The van der Waals surface area contributed by atoms with E-state index < -0.39 is 11.7 Å². The number of aromatic nitrogens is 4. The molecule has 3 aromatic heterocycles. The molecule has 0 unspecified atom stereocenters. The van der Waals surface area contributed by atoms with E-state index in [-0.39, 0.29) is 13.2 Å². The minimum Gasteiger partial charge on any atom is -0.490 e. The quantitative estimate of drug-likeness (QED) is 0.194. The number of alkyl halides is 3. The first-order valence-corrected chi connectivity index (χ1v) is 11.3. The van der Waals surface area contributed by atoms with Crippen molar-refractivity contribution < 1.29 is 27.4 Å². The molecular weight excluding hydrogens is 520 g/mol. The lowest BCUT2D eigenvalue weighted by Crippen LogP contribution is -2.07. The second-order valence-corrected chi connectivity index (χ2v) is 8.21. The Morgan fingerprint density at radius 1 is 0.944 bits per heavy atom. The molecule has 1 aromatic carbocycles. The highest BCUT2D eigenvalue weighted by Gasteiger charge is 2.30. The summed E-state index contributed by atoms with van der Waals surface area (Å²) in [5.41, 5.74) is 1.25. The number of hydrogen-bond acceptors (Lipinski definition) is 6. The molecule has 0 fully saturated rings. The molecule has 0 aliphatic carbocycles. The van der Waals surface area contributed by atoms with E-state index in [0.717, 1.165) is 12.3 Å². The molecule has 0 aliphatic heterocycles. The number of ether oxygens (including phenoxy) is 3. The van der Waals surface area contributed by atoms with Crippen LogP contribution >= 0.6 is 23.2 Å². The molecule has 3 heterocycles. The van der Waals surface area contributed by atoms with E-state index in [1.165, 1.54) is 6.07 Å². The number of methoxy groups -OCH3 is 1. The minimum absolute atomic E-state index is 0.0358. The van der Waals surface area contributed by atoms with Gasteiger partial charge in [-0.1, -0.05) is 23.2 Å². The normalized spacial score (nSPS) is 11.5. The summed E-state index contributed by atoms with van der Waals surface area (Å²) in [6.07, 6.45) is -2.11. The monoisotopic (exact) mass is 538 g/mol. The largest absolute Gasteiger partial charge is 0.490 e. The van der Waals surface area contributed by atoms with Gasteiger partial charge < -0.3 is 19.2 Å². The zero-order valence-corrected chi connectivity index (χ0v) is 20.3. The van der Waals surface area contributed by atoms with Gasteiger partial charge in [-0.25, -0.2) is 9.97 Å². The Kier molecular flexibility index (Phi) is 7.97. The van der Waals surface area contributed by atoms with Crippen molar-refractivity contribution in [2.75, 3.05) is 20.3 Å². The van der Waals surface area contributed by atoms with Crippen molar-refractivity contribution in [1.29, 1.82) is 0 Å². The molecule has 188 valence electrons. The summed E-state index contributed by atoms with van der Waals surface area (Å²) in [4.78, 5) is 15.5. The van der Waals surface area contributed by atoms with Gasteiger partial charge in [0.25, 0.3) is 0 Å². The van der Waals surface area contributed by atoms with Crippen molar-refractivity contribution in [3.63, 3.8) is 0 Å². The van der Waals surface area contributed by atoms with Crippen molar-refractivity contribution in [3.8, 4) is 34.1 Å². The van der Waals surface area contributed by atoms with Gasteiger partial charge in [0, 0.05) is 36.7 Å². The van der Waals surface area contributed by atoms with Gasteiger partial charge in [-0.15, -0.1) is 0 Å². The molecule has 0 aliphatic rings. The van der Waals surface area contributed by atoms with Crippen molar-refractivity contribution in [3.05, 3.63) is 76.4 Å². The minimum atomic E-state index is -4.45. The van der Waals surface area contributed by atoms with E-state index >= 15 is 0 Å². The average molecular weight is 539 g/mol. The predicted molar refractivity (Wildman–Crippen MR) is 128 cm³/mol. The van der Waals surface area contributed by atoms with Gasteiger partial charge in [-0.3, -0.25) is 4.98 Å². The molecule has 0 atom stereocenters. The van der Waals surface area contributed by atoms with Crippen molar-refractivity contribution in [1.82, 2.24) is 19.9 Å². The predicted octanol–water partition coefficient (Wildman–Crippen LogP) is 6.46. The fourth-order valence-electron chi connectivity index (χ4n) is 3.16. The van der Waals surface area contributed by atoms with Crippen LogP contribution in [-0.4, -0.2) is 40.3 Å². The number of hydrogen-bond donors (Lipinski definition) is 1. The lowest BCUT2D eigenvalue weighted by atomic mass is 10.1. The molecule has 0 spiro atoms. The maximum absolute atomic E-state index is 12.7. The van der Waals surface area contributed by atoms with Crippen molar-refractivity contribution >= 4 is 23.2 Å². The van der Waals surface area contributed by atoms with E-state index in [4.69, 9.17) is 37.4 Å². The summed E-state index contributed by atoms with van der Waals surface area (Å²) in [5.74, 6) is 1.34. The van der Waals surface area contributed by atoms with Gasteiger partial charge in [-0.2, -0.15) is 13.2 Å². The second kappa shape index (κ2) is 11.2. The lowest BCUT2D eigenvalue weighted by molar-refractivity contribution is -0.137. The number of nitrogens with one attached hydrogen (secondary N) is 1. The molecule has 4 aromatic rings. The van der Waals surface area contributed by atoms with Crippen LogP contribution < -0.4 is 9.47 Å². The van der Waals surface area contributed by atoms with Crippen LogP contribution in [0, 0.1) is 0 Å². The van der Waals surface area contributed by atoms with Gasteiger partial charge in [0.05, 0.1) is 17.9 Å². The van der Waals surface area contributed by atoms with E-state index in [9.17, 15) is 13.2 Å². The fourth-order valence-corrected chi connectivity index (χ4v) is 3.51. The second-order valence-electron chi connectivity index (χ2n) is 7.44. The average Bonchev–Trinajstić information content (AvgIpc) is 3.24. The van der Waals surface area contributed by atoms with Crippen LogP contribution in [0.4, 0.5) is 13.2 Å². The third kappa shape index (κ3) is 6.26. The van der Waals surface area contributed by atoms with Gasteiger partial charge in [0.2, 0.25) is 0 Å². The number of rotatable bonds is 9. The molecule has 7 nitrogen and oxygen atoms in total. The van der Waals surface area contributed by atoms with Crippen molar-refractivity contribution in [2.24, 2.45) is 0 Å². The zero-order valence-electron chi connectivity index (χ0n) is 18.8. The molecule has 0 amide bonds. The van der Waals surface area contributed by atoms with Crippen LogP contribution in [0.5, 0.6) is 11.5 Å². The summed E-state index contributed by atoms with van der Waals surface area (Å²) in [6, 6.07) is 10.7. The first-order valence-electron chi connectivity index (χ1n) is 10.5. The first-order chi connectivity index (χ1) is 17.2. The summed E-state index contributed by atoms with van der Waals surface area (Å²) >= 11 is 12.3. The molecule has 1 N–H and O–H groups in total. The van der Waals surface area contributed by atoms with Gasteiger partial charge in [0.15, 0.2) is 0 Å². The molecule has 0 radical (unpaired) electrons. The van der Waals surface area contributed by atoms with Crippen molar-refractivity contribution in [2.45, 2.75) is 12.8 Å². The van der Waals surface area contributed by atoms with E-state index in [2.05, 4.69) is 19.9 Å². The Morgan fingerprint density at radius 3 is 2.44 bits per heavy atom. The third-order valence-corrected chi connectivity index (χ3v) is 5.45. The molecule has 0 saturated carbocycles. The number of pyridine rings is 2. The number of nitrogens with zero attached hydrogens (tertiary/aromatic N) is 3. The van der Waals surface area contributed by atoms with Crippen LogP contribution in [0.15, 0.2) is 54.9 Å². The summed E-state index contributed by atoms with van der Waals surface area (Å²) < 4.78 is 54.9. The highest BCUT2D eigenvalue weighted by molar-refractivity contribution is 6.32. The lowest BCUT2D eigenvalue weighted by Gasteiger charge is -2.13. The van der Waals surface area contributed by atoms with Crippen LogP contribution in [0.25, 0.3) is 22.6 Å². The Balaban J connectivity index is 1.57.